The first kappa shape index (κ1) is 17.4. The summed E-state index contributed by atoms with van der Waals surface area (Å²) in [5.41, 5.74) is -1.18. The summed E-state index contributed by atoms with van der Waals surface area (Å²) >= 11 is 0. The molecule has 0 fully saturated rings. The fraction of sp³-hybridized carbons (Fsp3) is 0.417. The first-order valence-electron chi connectivity index (χ1n) is 5.77. The van der Waals surface area contributed by atoms with E-state index in [1.165, 1.54) is 0 Å². The number of benzene rings is 1. The van der Waals surface area contributed by atoms with Crippen LogP contribution in [0, 0.1) is 6.92 Å². The van der Waals surface area contributed by atoms with Gasteiger partial charge in [-0.3, -0.25) is 4.79 Å². The highest BCUT2D eigenvalue weighted by atomic mass is 32.2. The van der Waals surface area contributed by atoms with Gasteiger partial charge in [0.2, 0.25) is 10.0 Å². The van der Waals surface area contributed by atoms with Crippen molar-refractivity contribution in [2.75, 3.05) is 7.05 Å². The van der Waals surface area contributed by atoms with Gasteiger partial charge in [0.05, 0.1) is 10.5 Å². The number of rotatable bonds is 4. The third-order valence-electron chi connectivity index (χ3n) is 3.08. The van der Waals surface area contributed by atoms with E-state index in [2.05, 4.69) is 0 Å². The van der Waals surface area contributed by atoms with E-state index >= 15 is 0 Å². The van der Waals surface area contributed by atoms with E-state index in [1.54, 1.807) is 0 Å². The smallest absolute Gasteiger partial charge is 0.416 e. The van der Waals surface area contributed by atoms with Gasteiger partial charge in [0.15, 0.2) is 0 Å². The number of hydrogen-bond donors (Lipinski definition) is 1. The van der Waals surface area contributed by atoms with E-state index in [0.29, 0.717) is 10.4 Å². The van der Waals surface area contributed by atoms with Gasteiger partial charge in [-0.25, -0.2) is 8.42 Å². The summed E-state index contributed by atoms with van der Waals surface area (Å²) in [5.74, 6) is -1.36. The van der Waals surface area contributed by atoms with Crippen molar-refractivity contribution in [3.8, 4) is 0 Å². The molecule has 21 heavy (non-hydrogen) atoms. The number of aliphatic carboxylic acids is 1. The highest BCUT2D eigenvalue weighted by molar-refractivity contribution is 7.89. The highest BCUT2D eigenvalue weighted by Gasteiger charge is 2.34. The van der Waals surface area contributed by atoms with Crippen molar-refractivity contribution < 1.29 is 31.5 Å². The Labute approximate surface area is 120 Å². The Kier molecular flexibility index (Phi) is 4.69. The van der Waals surface area contributed by atoms with Crippen molar-refractivity contribution in [2.24, 2.45) is 0 Å². The second kappa shape index (κ2) is 5.64. The summed E-state index contributed by atoms with van der Waals surface area (Å²) in [6, 6.07) is 1.03. The van der Waals surface area contributed by atoms with Crippen LogP contribution < -0.4 is 0 Å². The number of hydrogen-bond acceptors (Lipinski definition) is 3. The Hall–Kier alpha value is -1.61. The molecular weight excluding hydrogens is 311 g/mol. The largest absolute Gasteiger partial charge is 0.480 e. The Balaban J connectivity index is 3.29. The predicted molar refractivity (Wildman–Crippen MR) is 68.2 cm³/mol. The Morgan fingerprint density at radius 2 is 1.86 bits per heavy atom. The van der Waals surface area contributed by atoms with Crippen LogP contribution in [-0.4, -0.2) is 36.9 Å². The zero-order chi connectivity index (χ0) is 16.6. The summed E-state index contributed by atoms with van der Waals surface area (Å²) in [5, 5.41) is 8.81. The first-order valence-corrected chi connectivity index (χ1v) is 7.21. The molecule has 0 radical (unpaired) electrons. The number of carboxylic acids is 1. The standard InChI is InChI=1S/C12H14F3NO4S/c1-7-6-9(4-5-10(7)12(13,14)15)21(19,20)16(3)8(2)11(17)18/h4-6,8H,1-3H3,(H,17,18). The zero-order valence-electron chi connectivity index (χ0n) is 11.5. The summed E-state index contributed by atoms with van der Waals surface area (Å²) in [4.78, 5) is 10.4. The fourth-order valence-electron chi connectivity index (χ4n) is 1.64. The van der Waals surface area contributed by atoms with Crippen molar-refractivity contribution in [1.82, 2.24) is 4.31 Å². The summed E-state index contributed by atoms with van der Waals surface area (Å²) < 4.78 is 62.8. The number of carboxylic acid groups (broad SMARTS) is 1. The number of carbonyl (C=O) groups is 1. The quantitative estimate of drug-likeness (QED) is 0.920. The van der Waals surface area contributed by atoms with Crippen LogP contribution in [-0.2, 0) is 21.0 Å². The number of aryl methyl sites for hydroxylation is 1. The fourth-order valence-corrected chi connectivity index (χ4v) is 3.05. The molecule has 0 aromatic heterocycles. The SMILES string of the molecule is Cc1cc(S(=O)(=O)N(C)C(C)C(=O)O)ccc1C(F)(F)F. The molecule has 0 spiro atoms. The number of sulfonamides is 1. The molecule has 0 saturated carbocycles. The van der Waals surface area contributed by atoms with E-state index in [4.69, 9.17) is 5.11 Å². The van der Waals surface area contributed by atoms with Gasteiger partial charge >= 0.3 is 12.1 Å². The van der Waals surface area contributed by atoms with Gasteiger partial charge in [-0.2, -0.15) is 17.5 Å². The molecule has 0 aliphatic carbocycles. The van der Waals surface area contributed by atoms with Crippen molar-refractivity contribution in [2.45, 2.75) is 31.0 Å². The lowest BCUT2D eigenvalue weighted by Gasteiger charge is -2.21. The lowest BCUT2D eigenvalue weighted by molar-refractivity contribution is -0.140. The predicted octanol–water partition coefficient (Wildman–Crippen LogP) is 2.11. The topological polar surface area (TPSA) is 74.7 Å². The van der Waals surface area contributed by atoms with Crippen LogP contribution in [0.2, 0.25) is 0 Å². The molecule has 1 unspecified atom stereocenters. The van der Waals surface area contributed by atoms with Crippen LogP contribution in [0.1, 0.15) is 18.1 Å². The van der Waals surface area contributed by atoms with Crippen molar-refractivity contribution >= 4 is 16.0 Å². The second-order valence-electron chi connectivity index (χ2n) is 4.51. The molecule has 9 heteroatoms. The molecule has 5 nitrogen and oxygen atoms in total. The molecule has 0 bridgehead atoms. The average Bonchev–Trinajstić information content (AvgIpc) is 2.34. The molecule has 0 saturated heterocycles. The minimum Gasteiger partial charge on any atom is -0.480 e. The molecule has 0 heterocycles. The maximum Gasteiger partial charge on any atom is 0.416 e. The normalized spacial score (nSPS) is 14.2. The lowest BCUT2D eigenvalue weighted by atomic mass is 10.1. The van der Waals surface area contributed by atoms with Crippen LogP contribution in [0.25, 0.3) is 0 Å². The van der Waals surface area contributed by atoms with Crippen LogP contribution >= 0.6 is 0 Å². The minimum absolute atomic E-state index is 0.250. The van der Waals surface area contributed by atoms with Crippen molar-refractivity contribution in [1.29, 1.82) is 0 Å². The van der Waals surface area contributed by atoms with Gasteiger partial charge in [-0.05, 0) is 37.6 Å². The van der Waals surface area contributed by atoms with Crippen molar-refractivity contribution in [3.63, 3.8) is 0 Å². The summed E-state index contributed by atoms with van der Waals surface area (Å²) in [6.07, 6.45) is -4.58. The molecule has 1 rings (SSSR count). The van der Waals surface area contributed by atoms with E-state index in [-0.39, 0.29) is 10.5 Å². The van der Waals surface area contributed by atoms with Gasteiger partial charge in [0, 0.05) is 7.05 Å². The Morgan fingerprint density at radius 3 is 2.24 bits per heavy atom. The van der Waals surface area contributed by atoms with Crippen molar-refractivity contribution in [3.05, 3.63) is 29.3 Å². The third kappa shape index (κ3) is 3.53. The molecule has 1 atom stereocenters. The van der Waals surface area contributed by atoms with Gasteiger partial charge in [0.25, 0.3) is 0 Å². The molecule has 0 amide bonds. The molecule has 118 valence electrons. The van der Waals surface area contributed by atoms with E-state index in [9.17, 15) is 26.4 Å². The monoisotopic (exact) mass is 325 g/mol. The number of alkyl halides is 3. The highest BCUT2D eigenvalue weighted by Crippen LogP contribution is 2.33. The maximum absolute atomic E-state index is 12.6. The lowest BCUT2D eigenvalue weighted by Crippen LogP contribution is -2.40. The summed E-state index contributed by atoms with van der Waals surface area (Å²) in [6.45, 7) is 2.30. The molecule has 1 aromatic rings. The second-order valence-corrected chi connectivity index (χ2v) is 6.51. The van der Waals surface area contributed by atoms with Crippen LogP contribution in [0.5, 0.6) is 0 Å². The minimum atomic E-state index is -4.58. The Bertz CT molecular complexity index is 655. The number of nitrogens with zero attached hydrogens (tertiary/aromatic N) is 1. The third-order valence-corrected chi connectivity index (χ3v) is 5.01. The van der Waals surface area contributed by atoms with E-state index in [0.717, 1.165) is 33.0 Å². The molecule has 0 aliphatic rings. The average molecular weight is 325 g/mol. The number of halogens is 3. The van der Waals surface area contributed by atoms with Crippen LogP contribution in [0.4, 0.5) is 13.2 Å². The Morgan fingerprint density at radius 1 is 1.33 bits per heavy atom. The van der Waals surface area contributed by atoms with Gasteiger partial charge in [0.1, 0.15) is 6.04 Å². The first-order chi connectivity index (χ1) is 9.39. The maximum atomic E-state index is 12.6. The summed E-state index contributed by atoms with van der Waals surface area (Å²) in [7, 11) is -3.13. The van der Waals surface area contributed by atoms with Crippen LogP contribution in [0.3, 0.4) is 0 Å². The van der Waals surface area contributed by atoms with Gasteiger partial charge < -0.3 is 5.11 Å². The van der Waals surface area contributed by atoms with Crippen LogP contribution in [0.15, 0.2) is 23.1 Å². The number of likely N-dealkylation sites (N-methyl/N-ethyl adjacent to an activating group) is 1. The van der Waals surface area contributed by atoms with Gasteiger partial charge in [-0.1, -0.05) is 0 Å². The van der Waals surface area contributed by atoms with Gasteiger partial charge in [-0.15, -0.1) is 0 Å². The molecule has 0 aliphatic heterocycles. The molecule has 1 aromatic carbocycles. The molecular formula is C12H14F3NO4S. The van der Waals surface area contributed by atoms with E-state index in [1.807, 2.05) is 0 Å². The molecule has 1 N–H and O–H groups in total. The zero-order valence-corrected chi connectivity index (χ0v) is 12.3. The van der Waals surface area contributed by atoms with E-state index < -0.39 is 33.8 Å².